The van der Waals surface area contributed by atoms with Crippen LogP contribution in [0.25, 0.3) is 22.2 Å². The van der Waals surface area contributed by atoms with Crippen molar-refractivity contribution in [2.75, 3.05) is 25.1 Å². The summed E-state index contributed by atoms with van der Waals surface area (Å²) in [6.45, 7) is 3.61. The quantitative estimate of drug-likeness (QED) is 0.459. The summed E-state index contributed by atoms with van der Waals surface area (Å²) >= 11 is 0. The third kappa shape index (κ3) is 4.00. The largest absolute Gasteiger partial charge is 0.488 e. The number of nitrogens with zero attached hydrogens (tertiary/aromatic N) is 4. The van der Waals surface area contributed by atoms with Gasteiger partial charge in [0.15, 0.2) is 0 Å². The highest BCUT2D eigenvalue weighted by Gasteiger charge is 2.44. The molecule has 0 saturated carbocycles. The fourth-order valence-corrected chi connectivity index (χ4v) is 5.07. The number of anilines is 1. The maximum Gasteiger partial charge on any atom is 0.222 e. The van der Waals surface area contributed by atoms with Gasteiger partial charge in [-0.25, -0.2) is 9.97 Å². The van der Waals surface area contributed by atoms with E-state index in [1.165, 1.54) is 6.92 Å². The summed E-state index contributed by atoms with van der Waals surface area (Å²) in [5.41, 5.74) is 5.09. The maximum atomic E-state index is 11.6. The summed E-state index contributed by atoms with van der Waals surface area (Å²) < 4.78 is 20.5. The molecule has 6 rings (SSSR count). The van der Waals surface area contributed by atoms with E-state index < -0.39 is 5.60 Å². The summed E-state index contributed by atoms with van der Waals surface area (Å²) in [4.78, 5) is 25.3. The third-order valence-electron chi connectivity index (χ3n) is 6.83. The van der Waals surface area contributed by atoms with Crippen LogP contribution in [0.1, 0.15) is 30.2 Å². The van der Waals surface area contributed by atoms with Crippen LogP contribution in [0.3, 0.4) is 0 Å². The Morgan fingerprint density at radius 3 is 2.89 bits per heavy atom. The van der Waals surface area contributed by atoms with E-state index in [1.807, 2.05) is 42.1 Å². The Morgan fingerprint density at radius 2 is 2.11 bits per heavy atom. The van der Waals surface area contributed by atoms with Crippen LogP contribution in [-0.2, 0) is 39.9 Å². The number of amides is 1. The van der Waals surface area contributed by atoms with Crippen LogP contribution in [0.15, 0.2) is 49.1 Å². The standard InChI is InChI=1S/C27H27N5O4/c1-17(33)30-25-11-20-21(14-32(2)23(20)13-29-25)22-12-24(35-15-18-3-7-28-8-4-18)19-5-9-36-27(26(19)31-22)6-10-34-16-27/h3-4,7-8,11-14H,5-6,9-10,15-16H2,1-2H3,(H,29,30,33). The Morgan fingerprint density at radius 1 is 1.25 bits per heavy atom. The Bertz CT molecular complexity index is 1440. The Labute approximate surface area is 208 Å². The first kappa shape index (κ1) is 22.6. The molecule has 2 aliphatic rings. The highest BCUT2D eigenvalue weighted by atomic mass is 16.6. The number of carbonyl (C=O) groups excluding carboxylic acids is 1. The van der Waals surface area contributed by atoms with Crippen molar-refractivity contribution in [3.8, 4) is 17.0 Å². The topological polar surface area (TPSA) is 100 Å². The minimum atomic E-state index is -0.564. The molecule has 1 fully saturated rings. The molecule has 36 heavy (non-hydrogen) atoms. The molecule has 1 saturated heterocycles. The first-order valence-corrected chi connectivity index (χ1v) is 12.0. The lowest BCUT2D eigenvalue weighted by molar-refractivity contribution is -0.114. The third-order valence-corrected chi connectivity index (χ3v) is 6.83. The zero-order chi connectivity index (χ0) is 24.7. The molecule has 1 N–H and O–H groups in total. The van der Waals surface area contributed by atoms with Crippen molar-refractivity contribution in [1.29, 1.82) is 0 Å². The zero-order valence-corrected chi connectivity index (χ0v) is 20.3. The molecule has 1 amide bonds. The molecule has 9 heteroatoms. The summed E-state index contributed by atoms with van der Waals surface area (Å²) in [6, 6.07) is 7.80. The van der Waals surface area contributed by atoms with Gasteiger partial charge in [0.1, 0.15) is 23.8 Å². The average Bonchev–Trinajstić information content (AvgIpc) is 3.48. The van der Waals surface area contributed by atoms with Crippen molar-refractivity contribution in [2.24, 2.45) is 7.05 Å². The summed E-state index contributed by atoms with van der Waals surface area (Å²) in [5, 5.41) is 3.72. The molecular weight excluding hydrogens is 458 g/mol. The van der Waals surface area contributed by atoms with Crippen LogP contribution in [0.5, 0.6) is 5.75 Å². The SMILES string of the molecule is CC(=O)Nc1cc2c(-c3cc(OCc4ccncc4)c4c(n3)C3(CCOC3)OCC4)cn(C)c2cn1. The van der Waals surface area contributed by atoms with E-state index in [2.05, 4.69) is 15.3 Å². The van der Waals surface area contributed by atoms with Gasteiger partial charge in [-0.1, -0.05) is 0 Å². The molecule has 0 aliphatic carbocycles. The number of carbonyl (C=O) groups is 1. The molecule has 2 aliphatic heterocycles. The van der Waals surface area contributed by atoms with Crippen molar-refractivity contribution in [2.45, 2.75) is 32.0 Å². The minimum Gasteiger partial charge on any atom is -0.488 e. The van der Waals surface area contributed by atoms with Gasteiger partial charge in [-0.2, -0.15) is 0 Å². The van der Waals surface area contributed by atoms with Crippen LogP contribution in [0, 0.1) is 0 Å². The zero-order valence-electron chi connectivity index (χ0n) is 20.3. The van der Waals surface area contributed by atoms with E-state index in [-0.39, 0.29) is 5.91 Å². The molecule has 4 aromatic rings. The number of fused-ring (bicyclic) bond motifs is 3. The Kier molecular flexibility index (Phi) is 5.66. The number of hydrogen-bond donors (Lipinski definition) is 1. The van der Waals surface area contributed by atoms with Gasteiger partial charge in [0, 0.05) is 74.6 Å². The smallest absolute Gasteiger partial charge is 0.222 e. The predicted octanol–water partition coefficient (Wildman–Crippen LogP) is 3.76. The fourth-order valence-electron chi connectivity index (χ4n) is 5.07. The highest BCUT2D eigenvalue weighted by molar-refractivity contribution is 5.98. The van der Waals surface area contributed by atoms with Crippen LogP contribution in [-0.4, -0.2) is 45.2 Å². The van der Waals surface area contributed by atoms with Gasteiger partial charge in [0.2, 0.25) is 5.91 Å². The monoisotopic (exact) mass is 485 g/mol. The molecule has 0 aromatic carbocycles. The summed E-state index contributed by atoms with van der Waals surface area (Å²) in [7, 11) is 1.97. The van der Waals surface area contributed by atoms with E-state index in [4.69, 9.17) is 19.2 Å². The number of hydrogen-bond acceptors (Lipinski definition) is 7. The lowest BCUT2D eigenvalue weighted by Gasteiger charge is -2.34. The van der Waals surface area contributed by atoms with Gasteiger partial charge in [0.25, 0.3) is 0 Å². The van der Waals surface area contributed by atoms with E-state index in [9.17, 15) is 4.79 Å². The van der Waals surface area contributed by atoms with Crippen molar-refractivity contribution >= 4 is 22.6 Å². The maximum absolute atomic E-state index is 11.6. The van der Waals surface area contributed by atoms with E-state index in [1.54, 1.807) is 18.6 Å². The second-order valence-electron chi connectivity index (χ2n) is 9.29. The normalized spacial score (nSPS) is 18.9. The van der Waals surface area contributed by atoms with Gasteiger partial charge < -0.3 is 24.1 Å². The molecular formula is C27H27N5O4. The van der Waals surface area contributed by atoms with Gasteiger partial charge in [-0.05, 0) is 23.8 Å². The number of aromatic nitrogens is 4. The van der Waals surface area contributed by atoms with E-state index >= 15 is 0 Å². The second-order valence-corrected chi connectivity index (χ2v) is 9.29. The van der Waals surface area contributed by atoms with Crippen LogP contribution in [0.2, 0.25) is 0 Å². The van der Waals surface area contributed by atoms with Crippen LogP contribution >= 0.6 is 0 Å². The molecule has 9 nitrogen and oxygen atoms in total. The Hall–Kier alpha value is -3.82. The molecule has 6 heterocycles. The van der Waals surface area contributed by atoms with Crippen molar-refractivity contribution in [1.82, 2.24) is 19.5 Å². The highest BCUT2D eigenvalue weighted by Crippen LogP contribution is 2.44. The summed E-state index contributed by atoms with van der Waals surface area (Å²) in [5.74, 6) is 1.13. The molecule has 4 aromatic heterocycles. The number of nitrogens with one attached hydrogen (secondary N) is 1. The van der Waals surface area contributed by atoms with Crippen molar-refractivity contribution < 1.29 is 19.0 Å². The van der Waals surface area contributed by atoms with Gasteiger partial charge in [-0.3, -0.25) is 9.78 Å². The number of ether oxygens (including phenoxy) is 3. The molecule has 1 atom stereocenters. The average molecular weight is 486 g/mol. The molecule has 1 unspecified atom stereocenters. The summed E-state index contributed by atoms with van der Waals surface area (Å²) in [6.07, 6.45) is 8.81. The van der Waals surface area contributed by atoms with Gasteiger partial charge >= 0.3 is 0 Å². The van der Waals surface area contributed by atoms with Gasteiger partial charge in [-0.15, -0.1) is 0 Å². The van der Waals surface area contributed by atoms with Crippen molar-refractivity contribution in [3.05, 3.63) is 65.9 Å². The van der Waals surface area contributed by atoms with Crippen LogP contribution < -0.4 is 10.1 Å². The van der Waals surface area contributed by atoms with E-state index in [0.717, 1.165) is 57.6 Å². The molecule has 0 bridgehead atoms. The minimum absolute atomic E-state index is 0.168. The molecule has 0 radical (unpaired) electrons. The first-order chi connectivity index (χ1) is 17.5. The second kappa shape index (κ2) is 9.00. The fraction of sp³-hybridized carbons (Fsp3) is 0.333. The molecule has 184 valence electrons. The lowest BCUT2D eigenvalue weighted by Crippen LogP contribution is -2.37. The Balaban J connectivity index is 1.50. The van der Waals surface area contributed by atoms with E-state index in [0.29, 0.717) is 32.2 Å². The number of aryl methyl sites for hydroxylation is 1. The molecule has 1 spiro atoms. The first-order valence-electron chi connectivity index (χ1n) is 12.0. The number of pyridine rings is 3. The van der Waals surface area contributed by atoms with Crippen LogP contribution in [0.4, 0.5) is 5.82 Å². The number of rotatable bonds is 5. The lowest BCUT2D eigenvalue weighted by atomic mass is 9.89. The van der Waals surface area contributed by atoms with Crippen molar-refractivity contribution in [3.63, 3.8) is 0 Å². The van der Waals surface area contributed by atoms with Gasteiger partial charge in [0.05, 0.1) is 36.3 Å². The predicted molar refractivity (Wildman–Crippen MR) is 134 cm³/mol.